The molecule has 3 rings (SSSR count). The normalized spacial score (nSPS) is 12.5. The molecule has 0 aliphatic heterocycles. The second-order valence-corrected chi connectivity index (χ2v) is 7.73. The van der Waals surface area contributed by atoms with Crippen LogP contribution in [0, 0.1) is 5.92 Å². The predicted octanol–water partition coefficient (Wildman–Crippen LogP) is 5.27. The number of nitrogens with zero attached hydrogens (tertiary/aromatic N) is 1. The molecule has 1 aromatic heterocycles. The van der Waals surface area contributed by atoms with E-state index in [1.807, 2.05) is 18.2 Å². The van der Waals surface area contributed by atoms with E-state index in [4.69, 9.17) is 0 Å². The van der Waals surface area contributed by atoms with Crippen molar-refractivity contribution in [3.63, 3.8) is 0 Å². The Morgan fingerprint density at radius 3 is 2.47 bits per heavy atom. The fourth-order valence-corrected chi connectivity index (χ4v) is 3.86. The molecular weight excluding hydrogens is 415 g/mol. The Labute approximate surface area is 175 Å². The lowest BCUT2D eigenvalue weighted by Gasteiger charge is -2.11. The number of Topliss-reactive ketones (excluding diaryl/α,β-unsaturated/α-hetero) is 1. The first-order valence-electron chi connectivity index (χ1n) is 9.13. The Hall–Kier alpha value is -3.00. The third-order valence-electron chi connectivity index (χ3n) is 4.52. The van der Waals surface area contributed by atoms with Gasteiger partial charge in [-0.1, -0.05) is 42.5 Å². The maximum absolute atomic E-state index is 12.9. The lowest BCUT2D eigenvalue weighted by atomic mass is 9.93. The average molecular weight is 433 g/mol. The van der Waals surface area contributed by atoms with Gasteiger partial charge in [-0.25, -0.2) is 4.98 Å². The molecule has 0 saturated carbocycles. The minimum absolute atomic E-state index is 0.0615. The predicted molar refractivity (Wildman–Crippen MR) is 107 cm³/mol. The van der Waals surface area contributed by atoms with Crippen LogP contribution in [0.2, 0.25) is 0 Å². The SMILES string of the molecule is O=C(Cc1csc(-c2cccc(C(F)(F)F)c2)n1)C[C@@H](Cc1ccccc1)C(=O)O. The van der Waals surface area contributed by atoms with Crippen LogP contribution in [0.1, 0.15) is 23.2 Å². The van der Waals surface area contributed by atoms with E-state index in [2.05, 4.69) is 4.98 Å². The Morgan fingerprint density at radius 1 is 1.07 bits per heavy atom. The molecule has 1 atom stereocenters. The standard InChI is InChI=1S/C22H18F3NO3S/c23-22(24,25)17-8-4-7-15(10-17)20-26-18(13-30-20)12-19(27)11-16(21(28)29)9-14-5-2-1-3-6-14/h1-8,10,13,16H,9,11-12H2,(H,28,29)/t16-/m1/s1. The number of benzene rings is 2. The number of carboxylic acid groups (broad SMARTS) is 1. The van der Waals surface area contributed by atoms with Crippen LogP contribution < -0.4 is 0 Å². The molecule has 4 nitrogen and oxygen atoms in total. The van der Waals surface area contributed by atoms with Crippen molar-refractivity contribution in [3.05, 3.63) is 76.8 Å². The first-order valence-corrected chi connectivity index (χ1v) is 10.0. The third-order valence-corrected chi connectivity index (χ3v) is 5.46. The van der Waals surface area contributed by atoms with Gasteiger partial charge in [0.1, 0.15) is 10.8 Å². The minimum Gasteiger partial charge on any atom is -0.481 e. The highest BCUT2D eigenvalue weighted by molar-refractivity contribution is 7.13. The molecule has 0 spiro atoms. The molecule has 0 saturated heterocycles. The van der Waals surface area contributed by atoms with Gasteiger partial charge in [0.15, 0.2) is 0 Å². The van der Waals surface area contributed by atoms with Crippen LogP contribution in [0.4, 0.5) is 13.2 Å². The van der Waals surface area contributed by atoms with Crippen molar-refractivity contribution in [3.8, 4) is 10.6 Å². The van der Waals surface area contributed by atoms with E-state index in [0.717, 1.165) is 29.0 Å². The van der Waals surface area contributed by atoms with Gasteiger partial charge in [-0.05, 0) is 24.1 Å². The third kappa shape index (κ3) is 5.76. The van der Waals surface area contributed by atoms with Gasteiger partial charge in [0.05, 0.1) is 17.2 Å². The van der Waals surface area contributed by atoms with Gasteiger partial charge in [-0.3, -0.25) is 9.59 Å². The largest absolute Gasteiger partial charge is 0.481 e. The summed E-state index contributed by atoms with van der Waals surface area (Å²) in [5.41, 5.74) is 0.804. The van der Waals surface area contributed by atoms with E-state index in [1.165, 1.54) is 12.1 Å². The number of halogens is 3. The zero-order valence-electron chi connectivity index (χ0n) is 15.7. The average Bonchev–Trinajstić information content (AvgIpc) is 3.16. The number of carbonyl (C=O) groups is 2. The quantitative estimate of drug-likeness (QED) is 0.525. The molecule has 0 radical (unpaired) electrons. The maximum Gasteiger partial charge on any atom is 0.416 e. The topological polar surface area (TPSA) is 67.3 Å². The van der Waals surface area contributed by atoms with Gasteiger partial charge in [-0.2, -0.15) is 13.2 Å². The molecule has 0 aliphatic carbocycles. The number of aromatic nitrogens is 1. The summed E-state index contributed by atoms with van der Waals surface area (Å²) >= 11 is 1.14. The molecule has 30 heavy (non-hydrogen) atoms. The summed E-state index contributed by atoms with van der Waals surface area (Å²) in [4.78, 5) is 28.2. The summed E-state index contributed by atoms with van der Waals surface area (Å²) in [6.45, 7) is 0. The lowest BCUT2D eigenvalue weighted by molar-refractivity contribution is -0.143. The Balaban J connectivity index is 1.66. The number of hydrogen-bond acceptors (Lipinski definition) is 4. The fourth-order valence-electron chi connectivity index (χ4n) is 3.04. The van der Waals surface area contributed by atoms with Crippen molar-refractivity contribution in [2.24, 2.45) is 5.92 Å². The van der Waals surface area contributed by atoms with Crippen LogP contribution in [0.5, 0.6) is 0 Å². The summed E-state index contributed by atoms with van der Waals surface area (Å²) in [5.74, 6) is -2.17. The highest BCUT2D eigenvalue weighted by Crippen LogP contribution is 2.33. The molecule has 0 unspecified atom stereocenters. The van der Waals surface area contributed by atoms with E-state index < -0.39 is 23.6 Å². The first kappa shape index (κ1) is 21.7. The van der Waals surface area contributed by atoms with E-state index in [9.17, 15) is 27.9 Å². The number of aliphatic carboxylic acids is 1. The molecule has 1 heterocycles. The maximum atomic E-state index is 12.9. The van der Waals surface area contributed by atoms with E-state index in [1.54, 1.807) is 17.5 Å². The summed E-state index contributed by atoms with van der Waals surface area (Å²) in [6.07, 6.45) is -4.40. The van der Waals surface area contributed by atoms with Gasteiger partial charge in [0, 0.05) is 23.8 Å². The Bertz CT molecular complexity index is 1030. The van der Waals surface area contributed by atoms with Gasteiger partial charge in [-0.15, -0.1) is 11.3 Å². The number of rotatable bonds is 8. The van der Waals surface area contributed by atoms with Crippen LogP contribution in [0.3, 0.4) is 0 Å². The second kappa shape index (κ2) is 9.21. The molecule has 0 aliphatic rings. The van der Waals surface area contributed by atoms with Crippen molar-refractivity contribution >= 4 is 23.1 Å². The highest BCUT2D eigenvalue weighted by Gasteiger charge is 2.30. The molecule has 156 valence electrons. The summed E-state index contributed by atoms with van der Waals surface area (Å²) in [5, 5.41) is 11.4. The van der Waals surface area contributed by atoms with Crippen LogP contribution in [-0.2, 0) is 28.6 Å². The molecule has 1 N–H and O–H groups in total. The molecular formula is C22H18F3NO3S. The molecule has 0 amide bonds. The number of carbonyl (C=O) groups excluding carboxylic acids is 1. The van der Waals surface area contributed by atoms with Gasteiger partial charge >= 0.3 is 12.1 Å². The van der Waals surface area contributed by atoms with Crippen molar-refractivity contribution in [2.75, 3.05) is 0 Å². The van der Waals surface area contributed by atoms with Crippen LogP contribution in [0.15, 0.2) is 60.0 Å². The summed E-state index contributed by atoms with van der Waals surface area (Å²) < 4.78 is 38.7. The molecule has 8 heteroatoms. The number of hydrogen-bond donors (Lipinski definition) is 1. The van der Waals surface area contributed by atoms with Crippen LogP contribution in [0.25, 0.3) is 10.6 Å². The van der Waals surface area contributed by atoms with Gasteiger partial charge in [0.2, 0.25) is 0 Å². The van der Waals surface area contributed by atoms with Gasteiger partial charge < -0.3 is 5.11 Å². The van der Waals surface area contributed by atoms with E-state index in [-0.39, 0.29) is 25.0 Å². The van der Waals surface area contributed by atoms with Crippen molar-refractivity contribution in [2.45, 2.75) is 25.4 Å². The van der Waals surface area contributed by atoms with Crippen LogP contribution >= 0.6 is 11.3 Å². The number of thiazole rings is 1. The monoisotopic (exact) mass is 433 g/mol. The zero-order valence-corrected chi connectivity index (χ0v) is 16.5. The van der Waals surface area contributed by atoms with Crippen LogP contribution in [-0.4, -0.2) is 21.8 Å². The van der Waals surface area contributed by atoms with Crippen molar-refractivity contribution in [1.29, 1.82) is 0 Å². The molecule has 0 fully saturated rings. The Kier molecular flexibility index (Phi) is 6.66. The fraction of sp³-hybridized carbons (Fsp3) is 0.227. The van der Waals surface area contributed by atoms with E-state index in [0.29, 0.717) is 16.3 Å². The summed E-state index contributed by atoms with van der Waals surface area (Å²) in [6, 6.07) is 13.9. The molecule has 0 bridgehead atoms. The highest BCUT2D eigenvalue weighted by atomic mass is 32.1. The summed E-state index contributed by atoms with van der Waals surface area (Å²) in [7, 11) is 0. The lowest BCUT2D eigenvalue weighted by Crippen LogP contribution is -2.21. The van der Waals surface area contributed by atoms with Crippen molar-refractivity contribution < 1.29 is 27.9 Å². The second-order valence-electron chi connectivity index (χ2n) is 6.87. The van der Waals surface area contributed by atoms with E-state index >= 15 is 0 Å². The molecule has 3 aromatic rings. The van der Waals surface area contributed by atoms with Gasteiger partial charge in [0.25, 0.3) is 0 Å². The number of ketones is 1. The van der Waals surface area contributed by atoms with Crippen molar-refractivity contribution in [1.82, 2.24) is 4.98 Å². The minimum atomic E-state index is -4.45. The number of carboxylic acids is 1. The molecule has 2 aromatic carbocycles. The number of alkyl halides is 3. The first-order chi connectivity index (χ1) is 14.2. The Morgan fingerprint density at radius 2 is 1.80 bits per heavy atom. The smallest absolute Gasteiger partial charge is 0.416 e. The zero-order chi connectivity index (χ0) is 21.7.